The van der Waals surface area contributed by atoms with E-state index in [9.17, 15) is 18.0 Å². The van der Waals surface area contributed by atoms with Crippen LogP contribution in [0.1, 0.15) is 5.56 Å². The first-order valence-corrected chi connectivity index (χ1v) is 11.2. The molecule has 0 radical (unpaired) electrons. The van der Waals surface area contributed by atoms with Gasteiger partial charge < -0.3 is 15.1 Å². The molecule has 1 aromatic heterocycles. The number of nitrogens with one attached hydrogen (secondary N) is 2. The zero-order chi connectivity index (χ0) is 22.9. The Balaban J connectivity index is 1.52. The maximum absolute atomic E-state index is 13.3. The zero-order valence-corrected chi connectivity index (χ0v) is 18.7. The first-order chi connectivity index (χ1) is 15.2. The molecule has 170 valence electrons. The molecular formula is C22H25F3N5OS+. The van der Waals surface area contributed by atoms with Gasteiger partial charge in [0.2, 0.25) is 5.91 Å². The lowest BCUT2D eigenvalue weighted by atomic mass is 10.1. The van der Waals surface area contributed by atoms with Gasteiger partial charge in [0, 0.05) is 26.2 Å². The molecule has 0 bridgehead atoms. The SMILES string of the molecule is CN1CCN(c2ccc(C(F)(F)F)cc2NC(=O)CSc2[nH]c3ccccc3[n+]2C)CC1. The molecule has 0 atom stereocenters. The van der Waals surface area contributed by atoms with E-state index in [0.717, 1.165) is 41.4 Å². The highest BCUT2D eigenvalue weighted by Gasteiger charge is 2.32. The summed E-state index contributed by atoms with van der Waals surface area (Å²) in [7, 11) is 3.91. The van der Waals surface area contributed by atoms with Crippen molar-refractivity contribution >= 4 is 40.1 Å². The van der Waals surface area contributed by atoms with E-state index < -0.39 is 11.7 Å². The number of para-hydroxylation sites is 2. The molecule has 1 fully saturated rings. The van der Waals surface area contributed by atoms with Gasteiger partial charge in [0.25, 0.3) is 0 Å². The Morgan fingerprint density at radius 2 is 1.88 bits per heavy atom. The van der Waals surface area contributed by atoms with Crippen LogP contribution >= 0.6 is 11.8 Å². The third-order valence-electron chi connectivity index (χ3n) is 5.59. The number of carbonyl (C=O) groups is 1. The lowest BCUT2D eigenvalue weighted by Crippen LogP contribution is -2.44. The number of aryl methyl sites for hydroxylation is 1. The summed E-state index contributed by atoms with van der Waals surface area (Å²) in [6.07, 6.45) is -4.48. The van der Waals surface area contributed by atoms with E-state index >= 15 is 0 Å². The molecule has 2 aromatic carbocycles. The molecule has 1 aliphatic rings. The molecule has 1 saturated heterocycles. The first kappa shape index (κ1) is 22.5. The number of imidazole rings is 1. The third-order valence-corrected chi connectivity index (χ3v) is 6.65. The molecule has 0 aliphatic carbocycles. The number of hydrogen-bond acceptors (Lipinski definition) is 4. The Kier molecular flexibility index (Phi) is 6.34. The van der Waals surface area contributed by atoms with Crippen LogP contribution < -0.4 is 14.8 Å². The van der Waals surface area contributed by atoms with Crippen LogP contribution in [0.4, 0.5) is 24.5 Å². The topological polar surface area (TPSA) is 55.2 Å². The predicted molar refractivity (Wildman–Crippen MR) is 120 cm³/mol. The van der Waals surface area contributed by atoms with E-state index in [2.05, 4.69) is 15.2 Å². The maximum Gasteiger partial charge on any atom is 0.416 e. The zero-order valence-electron chi connectivity index (χ0n) is 17.9. The number of benzene rings is 2. The molecule has 3 aromatic rings. The number of piperazine rings is 1. The molecule has 0 unspecified atom stereocenters. The van der Waals surface area contributed by atoms with Crippen LogP contribution in [0.2, 0.25) is 0 Å². The van der Waals surface area contributed by atoms with Crippen molar-refractivity contribution in [3.8, 4) is 0 Å². The molecule has 2 heterocycles. The molecule has 1 amide bonds. The average Bonchev–Trinajstić information content (AvgIpc) is 3.08. The molecule has 2 N–H and O–H groups in total. The van der Waals surface area contributed by atoms with E-state index in [1.54, 1.807) is 0 Å². The van der Waals surface area contributed by atoms with Gasteiger partial charge in [0.15, 0.2) is 11.0 Å². The minimum absolute atomic E-state index is 0.0685. The van der Waals surface area contributed by atoms with Crippen molar-refractivity contribution in [1.29, 1.82) is 0 Å². The van der Waals surface area contributed by atoms with Crippen molar-refractivity contribution in [3.63, 3.8) is 0 Å². The van der Waals surface area contributed by atoms with Crippen LogP contribution in [-0.2, 0) is 18.0 Å². The molecule has 0 saturated carbocycles. The number of thioether (sulfide) groups is 1. The van der Waals surface area contributed by atoms with Crippen molar-refractivity contribution < 1.29 is 22.5 Å². The molecule has 0 spiro atoms. The van der Waals surface area contributed by atoms with Crippen LogP contribution in [-0.4, -0.2) is 54.8 Å². The van der Waals surface area contributed by atoms with Crippen molar-refractivity contribution in [3.05, 3.63) is 48.0 Å². The van der Waals surface area contributed by atoms with Gasteiger partial charge in [0.1, 0.15) is 0 Å². The van der Waals surface area contributed by atoms with Crippen molar-refractivity contribution in [2.45, 2.75) is 11.3 Å². The number of nitrogens with zero attached hydrogens (tertiary/aromatic N) is 3. The number of halogens is 3. The van der Waals surface area contributed by atoms with E-state index in [0.29, 0.717) is 18.8 Å². The van der Waals surface area contributed by atoms with Gasteiger partial charge in [-0.2, -0.15) is 13.2 Å². The van der Waals surface area contributed by atoms with Gasteiger partial charge in [-0.15, -0.1) is 0 Å². The number of alkyl halides is 3. The molecule has 10 heteroatoms. The molecule has 1 aliphatic heterocycles. The van der Waals surface area contributed by atoms with E-state index in [-0.39, 0.29) is 17.3 Å². The normalized spacial score (nSPS) is 15.3. The van der Waals surface area contributed by atoms with Crippen molar-refractivity contribution in [2.24, 2.45) is 7.05 Å². The first-order valence-electron chi connectivity index (χ1n) is 10.3. The van der Waals surface area contributed by atoms with E-state index in [1.807, 2.05) is 47.8 Å². The third kappa shape index (κ3) is 4.86. The minimum Gasteiger partial charge on any atom is -0.367 e. The van der Waals surface area contributed by atoms with Crippen LogP contribution in [0.5, 0.6) is 0 Å². The van der Waals surface area contributed by atoms with Crippen molar-refractivity contribution in [2.75, 3.05) is 49.2 Å². The van der Waals surface area contributed by atoms with Crippen LogP contribution in [0.3, 0.4) is 0 Å². The second-order valence-electron chi connectivity index (χ2n) is 7.86. The van der Waals surface area contributed by atoms with Gasteiger partial charge in [-0.1, -0.05) is 12.1 Å². The lowest BCUT2D eigenvalue weighted by molar-refractivity contribution is -0.683. The Hall–Kier alpha value is -2.72. The minimum atomic E-state index is -4.48. The summed E-state index contributed by atoms with van der Waals surface area (Å²) in [5.41, 5.74) is 1.98. The molecule has 6 nitrogen and oxygen atoms in total. The summed E-state index contributed by atoms with van der Waals surface area (Å²) in [5.74, 6) is -0.289. The van der Waals surface area contributed by atoms with Crippen molar-refractivity contribution in [1.82, 2.24) is 9.88 Å². The largest absolute Gasteiger partial charge is 0.416 e. The van der Waals surface area contributed by atoms with Gasteiger partial charge in [-0.05, 0) is 49.1 Å². The fourth-order valence-corrected chi connectivity index (χ4v) is 4.58. The highest BCUT2D eigenvalue weighted by molar-refractivity contribution is 7.99. The molecular weight excluding hydrogens is 439 g/mol. The second kappa shape index (κ2) is 9.03. The summed E-state index contributed by atoms with van der Waals surface area (Å²) < 4.78 is 41.9. The number of hydrogen-bond donors (Lipinski definition) is 2. The highest BCUT2D eigenvalue weighted by Crippen LogP contribution is 2.36. The fourth-order valence-electron chi connectivity index (χ4n) is 3.77. The number of amides is 1. The Morgan fingerprint density at radius 3 is 2.56 bits per heavy atom. The smallest absolute Gasteiger partial charge is 0.367 e. The summed E-state index contributed by atoms with van der Waals surface area (Å²) in [5, 5.41) is 3.51. The average molecular weight is 465 g/mol. The van der Waals surface area contributed by atoms with Crippen LogP contribution in [0.15, 0.2) is 47.6 Å². The molecule has 4 rings (SSSR count). The van der Waals surface area contributed by atoms with Gasteiger partial charge in [-0.3, -0.25) is 4.79 Å². The predicted octanol–water partition coefficient (Wildman–Crippen LogP) is 3.49. The van der Waals surface area contributed by atoms with Gasteiger partial charge in [-0.25, -0.2) is 9.55 Å². The monoisotopic (exact) mass is 464 g/mol. The van der Waals surface area contributed by atoms with Crippen LogP contribution in [0, 0.1) is 0 Å². The Labute approximate surface area is 188 Å². The van der Waals surface area contributed by atoms with Crippen LogP contribution in [0.25, 0.3) is 11.0 Å². The number of carbonyl (C=O) groups excluding carboxylic acids is 1. The number of H-pyrrole nitrogens is 1. The summed E-state index contributed by atoms with van der Waals surface area (Å²) in [6.45, 7) is 2.98. The summed E-state index contributed by atoms with van der Waals surface area (Å²) in [4.78, 5) is 20.1. The lowest BCUT2D eigenvalue weighted by Gasteiger charge is -2.35. The number of likely N-dealkylation sites (N-methyl/N-ethyl adjacent to an activating group) is 1. The van der Waals surface area contributed by atoms with Gasteiger partial charge in [0.05, 0.1) is 29.7 Å². The number of anilines is 2. The second-order valence-corrected chi connectivity index (χ2v) is 8.83. The fraction of sp³-hybridized carbons (Fsp3) is 0.364. The number of fused-ring (bicyclic) bond motifs is 1. The Morgan fingerprint density at radius 1 is 1.16 bits per heavy atom. The highest BCUT2D eigenvalue weighted by atomic mass is 32.2. The number of aromatic amines is 1. The summed E-state index contributed by atoms with van der Waals surface area (Å²) >= 11 is 1.30. The quantitative estimate of drug-likeness (QED) is 0.448. The number of aromatic nitrogens is 2. The molecule has 32 heavy (non-hydrogen) atoms. The maximum atomic E-state index is 13.3. The van der Waals surface area contributed by atoms with Gasteiger partial charge >= 0.3 is 11.3 Å². The summed E-state index contributed by atoms with van der Waals surface area (Å²) in [6, 6.07) is 11.3. The van der Waals surface area contributed by atoms with E-state index in [1.165, 1.54) is 17.8 Å². The Bertz CT molecular complexity index is 1120. The standard InChI is InChI=1S/C22H24F3N5OS/c1-28-9-11-30(12-10-28)19-8-7-15(22(23,24)25)13-17(19)26-20(31)14-32-21-27-16-5-3-4-6-18(16)29(21)2/h3-8,13H,9-12,14H2,1-2H3,(H,26,31)/p+1. The number of rotatable bonds is 5. The van der Waals surface area contributed by atoms with E-state index in [4.69, 9.17) is 0 Å².